The highest BCUT2D eigenvalue weighted by atomic mass is 19.3. The average molecular weight is 263 g/mol. The maximum Gasteiger partial charge on any atom is 0.282 e. The Balaban J connectivity index is 4.89. The van der Waals surface area contributed by atoms with E-state index < -0.39 is 43.1 Å². The van der Waals surface area contributed by atoms with Crippen molar-refractivity contribution in [2.45, 2.75) is 38.2 Å². The van der Waals surface area contributed by atoms with E-state index in [4.69, 9.17) is 0 Å². The van der Waals surface area contributed by atoms with Crippen LogP contribution in [-0.4, -0.2) is 43.1 Å². The van der Waals surface area contributed by atoms with Gasteiger partial charge >= 0.3 is 0 Å². The zero-order valence-electron chi connectivity index (χ0n) is 7.31. The van der Waals surface area contributed by atoms with Gasteiger partial charge in [0.2, 0.25) is 18.9 Å². The van der Waals surface area contributed by atoms with E-state index in [0.717, 1.165) is 0 Å². The van der Waals surface area contributed by atoms with Crippen molar-refractivity contribution >= 4 is 0 Å². The molecule has 98 valence electrons. The number of hydrogen-bond donors (Lipinski definition) is 0. The molecule has 0 fully saturated rings. The molecular formula is C6H6F9N. The third-order valence-corrected chi connectivity index (χ3v) is 1.48. The van der Waals surface area contributed by atoms with Gasteiger partial charge in [-0.15, -0.1) is 0 Å². The van der Waals surface area contributed by atoms with Gasteiger partial charge < -0.3 is 0 Å². The summed E-state index contributed by atoms with van der Waals surface area (Å²) in [4.78, 5) is -1.53. The van der Waals surface area contributed by atoms with Crippen LogP contribution < -0.4 is 0 Å². The molecule has 0 heterocycles. The zero-order chi connectivity index (χ0) is 13.0. The van der Waals surface area contributed by atoms with Crippen LogP contribution in [0.1, 0.15) is 0 Å². The van der Waals surface area contributed by atoms with Crippen LogP contribution in [0.4, 0.5) is 39.5 Å². The summed E-state index contributed by atoms with van der Waals surface area (Å²) in [5, 5.41) is 0. The lowest BCUT2D eigenvalue weighted by Crippen LogP contribution is -2.52. The van der Waals surface area contributed by atoms with E-state index in [1.807, 2.05) is 0 Å². The Bertz CT molecular complexity index is 165. The maximum absolute atomic E-state index is 12.4. The van der Waals surface area contributed by atoms with Gasteiger partial charge in [0, 0.05) is 0 Å². The molecule has 1 nitrogen and oxygen atoms in total. The third kappa shape index (κ3) is 3.72. The summed E-state index contributed by atoms with van der Waals surface area (Å²) >= 11 is 0. The van der Waals surface area contributed by atoms with E-state index in [1.165, 1.54) is 0 Å². The van der Waals surface area contributed by atoms with Crippen molar-refractivity contribution in [3.8, 4) is 0 Å². The Morgan fingerprint density at radius 2 is 0.625 bits per heavy atom. The summed E-state index contributed by atoms with van der Waals surface area (Å²) in [6.07, 6.45) is -23.9. The topological polar surface area (TPSA) is 3.24 Å². The minimum atomic E-state index is -4.09. The highest BCUT2D eigenvalue weighted by molar-refractivity contribution is 4.74. The molecule has 10 heteroatoms. The molecule has 0 rings (SSSR count). The van der Waals surface area contributed by atoms with Crippen molar-refractivity contribution in [1.82, 2.24) is 4.90 Å². The Morgan fingerprint density at radius 3 is 0.750 bits per heavy atom. The first-order valence-corrected chi connectivity index (χ1v) is 3.74. The Morgan fingerprint density at radius 1 is 0.438 bits per heavy atom. The van der Waals surface area contributed by atoms with Gasteiger partial charge in [-0.25, -0.2) is 39.5 Å². The number of nitrogens with zero attached hydrogens (tertiary/aromatic N) is 1. The predicted molar refractivity (Wildman–Crippen MR) is 34.5 cm³/mol. The lowest BCUT2D eigenvalue weighted by Gasteiger charge is -2.30. The van der Waals surface area contributed by atoms with Crippen molar-refractivity contribution in [1.29, 1.82) is 0 Å². The van der Waals surface area contributed by atoms with E-state index in [1.54, 1.807) is 0 Å². The zero-order valence-corrected chi connectivity index (χ0v) is 7.31. The highest BCUT2D eigenvalue weighted by Crippen LogP contribution is 2.26. The van der Waals surface area contributed by atoms with Gasteiger partial charge in [-0.05, 0) is 0 Å². The molecule has 0 saturated carbocycles. The molecule has 0 bridgehead atoms. The lowest BCUT2D eigenvalue weighted by atomic mass is 10.4. The number of halogens is 9. The number of rotatable bonds is 6. The van der Waals surface area contributed by atoms with Crippen LogP contribution in [0.5, 0.6) is 0 Å². The fourth-order valence-electron chi connectivity index (χ4n) is 0.798. The van der Waals surface area contributed by atoms with Crippen molar-refractivity contribution in [3.05, 3.63) is 0 Å². The van der Waals surface area contributed by atoms with Gasteiger partial charge in [-0.1, -0.05) is 0 Å². The summed E-state index contributed by atoms with van der Waals surface area (Å²) in [7, 11) is 0. The monoisotopic (exact) mass is 263 g/mol. The predicted octanol–water partition coefficient (Wildman–Crippen LogP) is 2.97. The van der Waals surface area contributed by atoms with Crippen LogP contribution in [0.15, 0.2) is 0 Å². The summed E-state index contributed by atoms with van der Waals surface area (Å²) < 4.78 is 107. The third-order valence-electron chi connectivity index (χ3n) is 1.48. The largest absolute Gasteiger partial charge is 0.282 e. The minimum Gasteiger partial charge on any atom is -0.223 e. The molecule has 0 aromatic carbocycles. The van der Waals surface area contributed by atoms with E-state index >= 15 is 0 Å². The Labute approximate surface area is 83.8 Å². The van der Waals surface area contributed by atoms with E-state index in [9.17, 15) is 39.5 Å². The molecule has 0 aliphatic carbocycles. The minimum absolute atomic E-state index is 1.53. The first-order chi connectivity index (χ1) is 7.20. The second-order valence-corrected chi connectivity index (χ2v) is 2.57. The fourth-order valence-corrected chi connectivity index (χ4v) is 0.798. The van der Waals surface area contributed by atoms with Crippen LogP contribution >= 0.6 is 0 Å². The van der Waals surface area contributed by atoms with Gasteiger partial charge in [0.1, 0.15) is 0 Å². The van der Waals surface area contributed by atoms with Crippen molar-refractivity contribution in [3.63, 3.8) is 0 Å². The van der Waals surface area contributed by atoms with E-state index in [0.29, 0.717) is 0 Å². The highest BCUT2D eigenvalue weighted by Gasteiger charge is 2.45. The van der Waals surface area contributed by atoms with Gasteiger partial charge in [0.25, 0.3) is 19.3 Å². The first-order valence-electron chi connectivity index (χ1n) is 3.74. The first kappa shape index (κ1) is 15.3. The quantitative estimate of drug-likeness (QED) is 0.526. The standard InChI is InChI=1S/C6H6F9N/c7-1(8)4(13)16(5(14)2(9)10)6(15)3(11)12/h1-6H. The normalized spacial score (nSPS) is 18.6. The summed E-state index contributed by atoms with van der Waals surface area (Å²) in [5.41, 5.74) is 0. The Kier molecular flexibility index (Phi) is 5.90. The molecule has 16 heavy (non-hydrogen) atoms. The number of alkyl halides is 9. The molecule has 0 radical (unpaired) electrons. The van der Waals surface area contributed by atoms with Gasteiger partial charge in [0.15, 0.2) is 0 Å². The summed E-state index contributed by atoms with van der Waals surface area (Å²) in [6.45, 7) is 0. The summed E-state index contributed by atoms with van der Waals surface area (Å²) in [6, 6.07) is 0. The van der Waals surface area contributed by atoms with Crippen LogP contribution in [-0.2, 0) is 0 Å². The van der Waals surface area contributed by atoms with Crippen LogP contribution in [0.2, 0.25) is 0 Å². The molecule has 0 aliphatic heterocycles. The van der Waals surface area contributed by atoms with Gasteiger partial charge in [-0.3, -0.25) is 0 Å². The van der Waals surface area contributed by atoms with Gasteiger partial charge in [0.05, 0.1) is 0 Å². The van der Waals surface area contributed by atoms with Crippen molar-refractivity contribution in [2.24, 2.45) is 0 Å². The second kappa shape index (κ2) is 6.16. The molecule has 0 saturated heterocycles. The molecular weight excluding hydrogens is 257 g/mol. The number of hydrogen-bond acceptors (Lipinski definition) is 1. The Hall–Kier alpha value is -0.670. The second-order valence-electron chi connectivity index (χ2n) is 2.57. The van der Waals surface area contributed by atoms with Crippen LogP contribution in [0.3, 0.4) is 0 Å². The van der Waals surface area contributed by atoms with E-state index in [2.05, 4.69) is 0 Å². The van der Waals surface area contributed by atoms with Crippen LogP contribution in [0, 0.1) is 0 Å². The van der Waals surface area contributed by atoms with Gasteiger partial charge in [-0.2, -0.15) is 4.90 Å². The smallest absolute Gasteiger partial charge is 0.223 e. The molecule has 0 amide bonds. The molecule has 0 spiro atoms. The molecule has 0 N–H and O–H groups in total. The summed E-state index contributed by atoms with van der Waals surface area (Å²) in [5.74, 6) is 0. The maximum atomic E-state index is 12.4. The molecule has 0 aromatic heterocycles. The molecule has 0 aromatic rings. The average Bonchev–Trinajstić information content (AvgIpc) is 2.16. The fraction of sp³-hybridized carbons (Fsp3) is 1.00. The van der Waals surface area contributed by atoms with Crippen LogP contribution in [0.25, 0.3) is 0 Å². The molecule has 0 aliphatic rings. The van der Waals surface area contributed by atoms with Crippen molar-refractivity contribution < 1.29 is 39.5 Å². The molecule has 3 unspecified atom stereocenters. The SMILES string of the molecule is FC(F)C(F)N(C(F)C(F)F)C(F)C(F)F. The lowest BCUT2D eigenvalue weighted by molar-refractivity contribution is -0.204. The van der Waals surface area contributed by atoms with Crippen molar-refractivity contribution in [2.75, 3.05) is 0 Å². The van der Waals surface area contributed by atoms with E-state index in [-0.39, 0.29) is 0 Å². The molecule has 3 atom stereocenters.